The van der Waals surface area contributed by atoms with Crippen molar-refractivity contribution in [3.63, 3.8) is 0 Å². The minimum absolute atomic E-state index is 0.0860. The number of hydrogen-bond acceptors (Lipinski definition) is 2. The first kappa shape index (κ1) is 9.12. The number of alkyl halides is 2. The van der Waals surface area contributed by atoms with Crippen LogP contribution >= 0.6 is 23.2 Å². The second kappa shape index (κ2) is 3.62. The minimum Gasteiger partial charge on any atom is -0.284 e. The van der Waals surface area contributed by atoms with E-state index in [2.05, 4.69) is 11.4 Å². The summed E-state index contributed by atoms with van der Waals surface area (Å²) in [6.45, 7) is 2.00. The molecule has 1 aliphatic heterocycles. The third-order valence-corrected chi connectivity index (χ3v) is 2.70. The van der Waals surface area contributed by atoms with Crippen LogP contribution < -0.4 is 5.32 Å². The predicted molar refractivity (Wildman–Crippen MR) is 45.3 cm³/mol. The fourth-order valence-corrected chi connectivity index (χ4v) is 2.24. The Hall–Kier alpha value is 0.0300. The van der Waals surface area contributed by atoms with Crippen molar-refractivity contribution in [3.05, 3.63) is 0 Å². The van der Waals surface area contributed by atoms with Gasteiger partial charge in [0.05, 0.1) is 23.0 Å². The Kier molecular flexibility index (Phi) is 3.00. The Labute approximate surface area is 76.5 Å². The summed E-state index contributed by atoms with van der Waals surface area (Å²) >= 11 is 11.7. The molecule has 1 saturated heterocycles. The molecule has 2 nitrogen and oxygen atoms in total. The number of nitrogens with zero attached hydrogens (tertiary/aromatic N) is 1. The SMILES string of the molecule is CC1CC(Cl)NC(Cl)C1C#N. The fourth-order valence-electron chi connectivity index (χ4n) is 1.30. The third kappa shape index (κ3) is 1.99. The van der Waals surface area contributed by atoms with Crippen molar-refractivity contribution in [2.75, 3.05) is 0 Å². The van der Waals surface area contributed by atoms with Gasteiger partial charge in [-0.05, 0) is 12.3 Å². The molecule has 0 aromatic carbocycles. The molecule has 0 aliphatic carbocycles. The molecule has 0 amide bonds. The highest BCUT2D eigenvalue weighted by atomic mass is 35.5. The number of hydrogen-bond donors (Lipinski definition) is 1. The Bertz CT molecular complexity index is 166. The molecule has 1 heterocycles. The number of piperidine rings is 1. The van der Waals surface area contributed by atoms with Crippen LogP contribution in [0.2, 0.25) is 0 Å². The highest BCUT2D eigenvalue weighted by Crippen LogP contribution is 2.28. The lowest BCUT2D eigenvalue weighted by Crippen LogP contribution is -2.45. The van der Waals surface area contributed by atoms with Gasteiger partial charge in [-0.3, -0.25) is 5.32 Å². The Balaban J connectivity index is 2.61. The fraction of sp³-hybridized carbons (Fsp3) is 0.857. The van der Waals surface area contributed by atoms with Crippen molar-refractivity contribution < 1.29 is 0 Å². The predicted octanol–water partition coefficient (Wildman–Crippen LogP) is 1.89. The van der Waals surface area contributed by atoms with Crippen molar-refractivity contribution in [3.8, 4) is 6.07 Å². The summed E-state index contributed by atoms with van der Waals surface area (Å²) in [4.78, 5) is 0. The van der Waals surface area contributed by atoms with Gasteiger partial charge in [-0.25, -0.2) is 0 Å². The molecule has 1 fully saturated rings. The van der Waals surface area contributed by atoms with E-state index < -0.39 is 0 Å². The van der Waals surface area contributed by atoms with Gasteiger partial charge in [0.1, 0.15) is 0 Å². The summed E-state index contributed by atoms with van der Waals surface area (Å²) in [5.74, 6) is 0.165. The molecule has 0 spiro atoms. The second-order valence-electron chi connectivity index (χ2n) is 2.90. The van der Waals surface area contributed by atoms with Gasteiger partial charge in [-0.15, -0.1) is 23.2 Å². The first-order chi connectivity index (χ1) is 5.15. The highest BCUT2D eigenvalue weighted by Gasteiger charge is 2.32. The standard InChI is InChI=1S/C7H10Cl2N2/c1-4-2-6(8)11-7(9)5(4)3-10/h4-7,11H,2H2,1H3. The van der Waals surface area contributed by atoms with Gasteiger partial charge in [0.15, 0.2) is 0 Å². The minimum atomic E-state index is -0.300. The van der Waals surface area contributed by atoms with Crippen molar-refractivity contribution in [1.82, 2.24) is 5.32 Å². The van der Waals surface area contributed by atoms with E-state index in [4.69, 9.17) is 28.5 Å². The van der Waals surface area contributed by atoms with Crippen molar-refractivity contribution >= 4 is 23.2 Å². The molecule has 11 heavy (non-hydrogen) atoms. The molecule has 1 N–H and O–H groups in total. The van der Waals surface area contributed by atoms with E-state index in [1.165, 1.54) is 0 Å². The van der Waals surface area contributed by atoms with Gasteiger partial charge in [-0.2, -0.15) is 5.26 Å². The molecule has 0 radical (unpaired) electrons. The summed E-state index contributed by atoms with van der Waals surface area (Å²) in [5, 5.41) is 11.6. The van der Waals surface area contributed by atoms with Gasteiger partial charge < -0.3 is 0 Å². The summed E-state index contributed by atoms with van der Waals surface area (Å²) in [5.41, 5.74) is -0.386. The summed E-state index contributed by atoms with van der Waals surface area (Å²) < 4.78 is 0. The Morgan fingerprint density at radius 1 is 1.55 bits per heavy atom. The zero-order valence-corrected chi connectivity index (χ0v) is 7.73. The van der Waals surface area contributed by atoms with Gasteiger partial charge in [0.2, 0.25) is 0 Å². The molecule has 1 rings (SSSR count). The van der Waals surface area contributed by atoms with E-state index in [9.17, 15) is 0 Å². The molecular formula is C7H10Cl2N2. The molecule has 0 aromatic rings. The largest absolute Gasteiger partial charge is 0.284 e. The second-order valence-corrected chi connectivity index (χ2v) is 3.90. The average Bonchev–Trinajstić information content (AvgIpc) is 1.85. The lowest BCUT2D eigenvalue weighted by Gasteiger charge is -2.32. The van der Waals surface area contributed by atoms with E-state index >= 15 is 0 Å². The normalized spacial score (nSPS) is 44.9. The molecule has 4 unspecified atom stereocenters. The number of rotatable bonds is 0. The number of nitriles is 1. The molecule has 4 atom stereocenters. The van der Waals surface area contributed by atoms with Crippen molar-refractivity contribution in [2.45, 2.75) is 24.3 Å². The van der Waals surface area contributed by atoms with Crippen LogP contribution in [0.3, 0.4) is 0 Å². The van der Waals surface area contributed by atoms with E-state index in [1.54, 1.807) is 0 Å². The van der Waals surface area contributed by atoms with Crippen LogP contribution in [0.1, 0.15) is 13.3 Å². The lowest BCUT2D eigenvalue weighted by atomic mass is 9.89. The van der Waals surface area contributed by atoms with Gasteiger partial charge >= 0.3 is 0 Å². The van der Waals surface area contributed by atoms with Crippen LogP contribution in [0.25, 0.3) is 0 Å². The molecule has 62 valence electrons. The van der Waals surface area contributed by atoms with Gasteiger partial charge in [0, 0.05) is 0 Å². The zero-order chi connectivity index (χ0) is 8.43. The maximum Gasteiger partial charge on any atom is 0.0999 e. The molecule has 1 aliphatic rings. The average molecular weight is 193 g/mol. The van der Waals surface area contributed by atoms with E-state index in [-0.39, 0.29) is 22.8 Å². The van der Waals surface area contributed by atoms with Crippen LogP contribution in [-0.4, -0.2) is 11.0 Å². The zero-order valence-electron chi connectivity index (χ0n) is 6.22. The van der Waals surface area contributed by atoms with E-state index in [0.717, 1.165) is 6.42 Å². The van der Waals surface area contributed by atoms with Crippen LogP contribution in [-0.2, 0) is 0 Å². The quantitative estimate of drug-likeness (QED) is 0.471. The molecule has 4 heteroatoms. The summed E-state index contributed by atoms with van der Waals surface area (Å²) in [6, 6.07) is 2.17. The highest BCUT2D eigenvalue weighted by molar-refractivity contribution is 6.23. The van der Waals surface area contributed by atoms with Crippen LogP contribution in [0, 0.1) is 23.2 Å². The van der Waals surface area contributed by atoms with Crippen molar-refractivity contribution in [2.24, 2.45) is 11.8 Å². The molecule has 0 saturated carbocycles. The van der Waals surface area contributed by atoms with Gasteiger partial charge in [0.25, 0.3) is 0 Å². The molecule has 0 aromatic heterocycles. The number of nitrogens with one attached hydrogen (secondary N) is 1. The maximum atomic E-state index is 8.70. The van der Waals surface area contributed by atoms with Crippen LogP contribution in [0.4, 0.5) is 0 Å². The first-order valence-corrected chi connectivity index (χ1v) is 4.46. The maximum absolute atomic E-state index is 8.70. The van der Waals surface area contributed by atoms with Crippen LogP contribution in [0.5, 0.6) is 0 Å². The Morgan fingerprint density at radius 2 is 2.18 bits per heavy atom. The number of halogens is 2. The van der Waals surface area contributed by atoms with Crippen molar-refractivity contribution in [1.29, 1.82) is 5.26 Å². The summed E-state index contributed by atoms with van der Waals surface area (Å²) in [7, 11) is 0. The van der Waals surface area contributed by atoms with E-state index in [1.807, 2.05) is 6.92 Å². The Morgan fingerprint density at radius 3 is 2.64 bits per heavy atom. The lowest BCUT2D eigenvalue weighted by molar-refractivity contribution is 0.289. The summed E-state index contributed by atoms with van der Waals surface area (Å²) in [6.07, 6.45) is 0.809. The van der Waals surface area contributed by atoms with Crippen LogP contribution in [0.15, 0.2) is 0 Å². The van der Waals surface area contributed by atoms with Gasteiger partial charge in [-0.1, -0.05) is 6.92 Å². The monoisotopic (exact) mass is 192 g/mol. The molecule has 0 bridgehead atoms. The third-order valence-electron chi connectivity index (χ3n) is 2.00. The topological polar surface area (TPSA) is 35.8 Å². The van der Waals surface area contributed by atoms with E-state index in [0.29, 0.717) is 0 Å². The first-order valence-electron chi connectivity index (χ1n) is 3.59. The molecular weight excluding hydrogens is 183 g/mol. The smallest absolute Gasteiger partial charge is 0.0999 e.